The molecule has 1 aromatic heterocycles. The van der Waals surface area contributed by atoms with Gasteiger partial charge in [0.15, 0.2) is 11.5 Å². The molecule has 1 amide bonds. The molecule has 7 heteroatoms. The second kappa shape index (κ2) is 8.27. The minimum absolute atomic E-state index is 0.146. The monoisotopic (exact) mass is 367 g/mol. The number of nitrogens with one attached hydrogen (secondary N) is 1. The van der Waals surface area contributed by atoms with Gasteiger partial charge < -0.3 is 19.5 Å². The van der Waals surface area contributed by atoms with E-state index in [2.05, 4.69) is 10.4 Å². The van der Waals surface area contributed by atoms with Crippen molar-refractivity contribution in [1.29, 1.82) is 0 Å². The second-order valence-corrected chi connectivity index (χ2v) is 5.79. The summed E-state index contributed by atoms with van der Waals surface area (Å²) >= 11 is 0. The lowest BCUT2D eigenvalue weighted by Crippen LogP contribution is -2.14. The van der Waals surface area contributed by atoms with Crippen molar-refractivity contribution >= 4 is 11.6 Å². The Morgan fingerprint density at radius 2 is 1.85 bits per heavy atom. The number of aromatic nitrogens is 2. The summed E-state index contributed by atoms with van der Waals surface area (Å²) in [7, 11) is 4.75. The van der Waals surface area contributed by atoms with Gasteiger partial charge in [0.05, 0.1) is 51.5 Å². The summed E-state index contributed by atoms with van der Waals surface area (Å²) in [6, 6.07) is 12.9. The summed E-state index contributed by atoms with van der Waals surface area (Å²) in [5, 5.41) is 7.13. The van der Waals surface area contributed by atoms with Gasteiger partial charge in [-0.3, -0.25) is 4.79 Å². The fourth-order valence-corrected chi connectivity index (χ4v) is 2.66. The van der Waals surface area contributed by atoms with Crippen LogP contribution < -0.4 is 19.5 Å². The molecule has 1 heterocycles. The number of carbonyl (C=O) groups is 1. The highest BCUT2D eigenvalue weighted by Gasteiger charge is 2.10. The molecule has 0 bridgehead atoms. The molecule has 0 spiro atoms. The molecule has 0 unspecified atom stereocenters. The quantitative estimate of drug-likeness (QED) is 0.695. The van der Waals surface area contributed by atoms with Crippen molar-refractivity contribution in [3.63, 3.8) is 0 Å². The Hall–Kier alpha value is -3.48. The van der Waals surface area contributed by atoms with Crippen LogP contribution in [0.2, 0.25) is 0 Å². The van der Waals surface area contributed by atoms with Gasteiger partial charge in [0.2, 0.25) is 5.91 Å². The van der Waals surface area contributed by atoms with E-state index in [1.165, 1.54) is 0 Å². The Bertz CT molecular complexity index is 936. The van der Waals surface area contributed by atoms with Gasteiger partial charge in [-0.25, -0.2) is 4.68 Å². The van der Waals surface area contributed by atoms with E-state index in [1.54, 1.807) is 50.5 Å². The maximum absolute atomic E-state index is 12.3. The number of nitrogens with zero attached hydrogens (tertiary/aromatic N) is 2. The van der Waals surface area contributed by atoms with Crippen molar-refractivity contribution in [3.8, 4) is 22.9 Å². The number of carbonyl (C=O) groups excluding carboxylic acids is 1. The lowest BCUT2D eigenvalue weighted by Gasteiger charge is -2.09. The molecule has 0 aliphatic carbocycles. The van der Waals surface area contributed by atoms with Crippen LogP contribution in [0, 0.1) is 0 Å². The molecular weight excluding hydrogens is 346 g/mol. The molecule has 27 heavy (non-hydrogen) atoms. The fraction of sp³-hybridized carbons (Fsp3) is 0.200. The summed E-state index contributed by atoms with van der Waals surface area (Å²) in [5.41, 5.74) is 2.28. The van der Waals surface area contributed by atoms with Crippen molar-refractivity contribution in [3.05, 3.63) is 60.4 Å². The second-order valence-electron chi connectivity index (χ2n) is 5.79. The van der Waals surface area contributed by atoms with Gasteiger partial charge >= 0.3 is 0 Å². The number of amides is 1. The highest BCUT2D eigenvalue weighted by Crippen LogP contribution is 2.27. The number of ether oxygens (including phenoxy) is 3. The Kier molecular flexibility index (Phi) is 5.61. The van der Waals surface area contributed by atoms with E-state index in [0.29, 0.717) is 17.2 Å². The van der Waals surface area contributed by atoms with Gasteiger partial charge in [-0.05, 0) is 29.8 Å². The summed E-state index contributed by atoms with van der Waals surface area (Å²) < 4.78 is 17.4. The molecule has 1 N–H and O–H groups in total. The molecule has 3 rings (SSSR count). The summed E-state index contributed by atoms with van der Waals surface area (Å²) in [6.07, 6.45) is 3.57. The lowest BCUT2D eigenvalue weighted by molar-refractivity contribution is -0.115. The van der Waals surface area contributed by atoms with Crippen LogP contribution in [-0.2, 0) is 11.2 Å². The van der Waals surface area contributed by atoms with E-state index < -0.39 is 0 Å². The number of hydrogen-bond donors (Lipinski definition) is 1. The highest BCUT2D eigenvalue weighted by atomic mass is 16.5. The van der Waals surface area contributed by atoms with Crippen LogP contribution in [0.3, 0.4) is 0 Å². The number of rotatable bonds is 7. The van der Waals surface area contributed by atoms with Crippen LogP contribution in [0.25, 0.3) is 5.69 Å². The van der Waals surface area contributed by atoms with Gasteiger partial charge in [0.25, 0.3) is 0 Å². The zero-order chi connectivity index (χ0) is 19.2. The first-order chi connectivity index (χ1) is 13.1. The summed E-state index contributed by atoms with van der Waals surface area (Å²) in [5.74, 6) is 1.81. The summed E-state index contributed by atoms with van der Waals surface area (Å²) in [6.45, 7) is 0. The lowest BCUT2D eigenvalue weighted by atomic mass is 10.1. The third-order valence-electron chi connectivity index (χ3n) is 4.00. The van der Waals surface area contributed by atoms with Crippen molar-refractivity contribution in [2.45, 2.75) is 6.42 Å². The molecule has 0 radical (unpaired) electrons. The molecule has 0 aliphatic rings. The SMILES string of the molecule is COc1cccc(-n2cc(NC(=O)Cc3ccc(OC)c(OC)c3)cn2)c1. The first-order valence-electron chi connectivity index (χ1n) is 8.33. The molecule has 0 saturated carbocycles. The topological polar surface area (TPSA) is 74.6 Å². The Morgan fingerprint density at radius 1 is 1.04 bits per heavy atom. The number of methoxy groups -OCH3 is 3. The van der Waals surface area contributed by atoms with E-state index in [1.807, 2.05) is 30.3 Å². The van der Waals surface area contributed by atoms with Crippen LogP contribution in [0.15, 0.2) is 54.9 Å². The van der Waals surface area contributed by atoms with Crippen molar-refractivity contribution in [2.75, 3.05) is 26.6 Å². The predicted octanol–water partition coefficient (Wildman–Crippen LogP) is 3.08. The zero-order valence-electron chi connectivity index (χ0n) is 15.4. The van der Waals surface area contributed by atoms with E-state index in [9.17, 15) is 4.79 Å². The number of hydrogen-bond acceptors (Lipinski definition) is 5. The normalized spacial score (nSPS) is 10.3. The Morgan fingerprint density at radius 3 is 2.59 bits per heavy atom. The fourth-order valence-electron chi connectivity index (χ4n) is 2.66. The molecule has 0 saturated heterocycles. The summed E-state index contributed by atoms with van der Waals surface area (Å²) in [4.78, 5) is 12.3. The molecule has 3 aromatic rings. The Labute approximate surface area is 157 Å². The van der Waals surface area contributed by atoms with Gasteiger partial charge in [-0.15, -0.1) is 0 Å². The first-order valence-corrected chi connectivity index (χ1v) is 8.33. The zero-order valence-corrected chi connectivity index (χ0v) is 15.4. The van der Waals surface area contributed by atoms with Crippen molar-refractivity contribution in [2.24, 2.45) is 0 Å². The van der Waals surface area contributed by atoms with Crippen LogP contribution in [-0.4, -0.2) is 37.0 Å². The number of anilines is 1. The molecule has 2 aromatic carbocycles. The molecule has 7 nitrogen and oxygen atoms in total. The molecule has 0 aliphatic heterocycles. The predicted molar refractivity (Wildman–Crippen MR) is 102 cm³/mol. The van der Waals surface area contributed by atoms with Crippen LogP contribution in [0.4, 0.5) is 5.69 Å². The van der Waals surface area contributed by atoms with Gasteiger partial charge in [-0.2, -0.15) is 5.10 Å². The van der Waals surface area contributed by atoms with Crippen LogP contribution >= 0.6 is 0 Å². The molecule has 0 atom stereocenters. The van der Waals surface area contributed by atoms with Crippen molar-refractivity contribution < 1.29 is 19.0 Å². The highest BCUT2D eigenvalue weighted by molar-refractivity contribution is 5.92. The van der Waals surface area contributed by atoms with Crippen LogP contribution in [0.5, 0.6) is 17.2 Å². The van der Waals surface area contributed by atoms with Crippen LogP contribution in [0.1, 0.15) is 5.56 Å². The molecule has 140 valence electrons. The van der Waals surface area contributed by atoms with Crippen molar-refractivity contribution in [1.82, 2.24) is 9.78 Å². The minimum Gasteiger partial charge on any atom is -0.497 e. The van der Waals surface area contributed by atoms with E-state index >= 15 is 0 Å². The standard InChI is InChI=1S/C20H21N3O4/c1-25-17-6-4-5-16(11-17)23-13-15(12-21-23)22-20(24)10-14-7-8-18(26-2)19(9-14)27-3/h4-9,11-13H,10H2,1-3H3,(H,22,24). The van der Waals surface area contributed by atoms with Gasteiger partial charge in [0, 0.05) is 6.07 Å². The minimum atomic E-state index is -0.146. The average molecular weight is 367 g/mol. The number of benzene rings is 2. The van der Waals surface area contributed by atoms with Gasteiger partial charge in [-0.1, -0.05) is 12.1 Å². The van der Waals surface area contributed by atoms with E-state index in [0.717, 1.165) is 17.0 Å². The third-order valence-corrected chi connectivity index (χ3v) is 4.00. The molecular formula is C20H21N3O4. The largest absolute Gasteiger partial charge is 0.497 e. The maximum Gasteiger partial charge on any atom is 0.228 e. The maximum atomic E-state index is 12.3. The third kappa shape index (κ3) is 4.38. The average Bonchev–Trinajstić information content (AvgIpc) is 3.16. The Balaban J connectivity index is 1.67. The smallest absolute Gasteiger partial charge is 0.228 e. The first kappa shape index (κ1) is 18.3. The van der Waals surface area contributed by atoms with E-state index in [-0.39, 0.29) is 12.3 Å². The molecule has 0 fully saturated rings. The van der Waals surface area contributed by atoms with E-state index in [4.69, 9.17) is 14.2 Å². The van der Waals surface area contributed by atoms with Gasteiger partial charge in [0.1, 0.15) is 5.75 Å².